The van der Waals surface area contributed by atoms with Crippen LogP contribution in [0.3, 0.4) is 0 Å². The first kappa shape index (κ1) is 20.6. The minimum absolute atomic E-state index is 0.151. The lowest BCUT2D eigenvalue weighted by Crippen LogP contribution is -2.50. The van der Waals surface area contributed by atoms with Gasteiger partial charge in [-0.2, -0.15) is 5.10 Å². The third kappa shape index (κ3) is 2.78. The van der Waals surface area contributed by atoms with Gasteiger partial charge in [0.1, 0.15) is 11.0 Å². The van der Waals surface area contributed by atoms with Gasteiger partial charge in [0.25, 0.3) is 0 Å². The Hall–Kier alpha value is -1.75. The van der Waals surface area contributed by atoms with Crippen LogP contribution in [0.1, 0.15) is 65.2 Å². The number of rotatable bonds is 3. The van der Waals surface area contributed by atoms with Crippen LogP contribution in [-0.2, 0) is 11.3 Å². The quantitative estimate of drug-likeness (QED) is 0.728. The summed E-state index contributed by atoms with van der Waals surface area (Å²) in [7, 11) is 0. The summed E-state index contributed by atoms with van der Waals surface area (Å²) in [6.45, 7) is 5.10. The van der Waals surface area contributed by atoms with Gasteiger partial charge in [0.05, 0.1) is 18.3 Å². The van der Waals surface area contributed by atoms with Crippen molar-refractivity contribution < 1.29 is 9.90 Å². The number of carbonyl (C=O) groups excluding carboxylic acids is 1. The average molecular weight is 448 g/mol. The Kier molecular flexibility index (Phi) is 4.31. The summed E-state index contributed by atoms with van der Waals surface area (Å²) in [6.07, 6.45) is 13.3. The predicted molar refractivity (Wildman–Crippen MR) is 126 cm³/mol. The number of hydrogen-bond acceptors (Lipinski definition) is 4. The van der Waals surface area contributed by atoms with Gasteiger partial charge in [0.2, 0.25) is 0 Å². The van der Waals surface area contributed by atoms with E-state index in [1.807, 2.05) is 23.0 Å². The molecule has 5 nitrogen and oxygen atoms in total. The van der Waals surface area contributed by atoms with Crippen LogP contribution in [0.5, 0.6) is 0 Å². The Bertz CT molecular complexity index is 1080. The zero-order valence-corrected chi connectivity index (χ0v) is 20.0. The van der Waals surface area contributed by atoms with E-state index < -0.39 is 0 Å². The number of fused-ring (bicyclic) bond motifs is 8. The van der Waals surface area contributed by atoms with Crippen molar-refractivity contribution in [2.24, 2.45) is 52.8 Å². The third-order valence-electron chi connectivity index (χ3n) is 11.6. The van der Waals surface area contributed by atoms with Gasteiger partial charge in [-0.25, -0.2) is 0 Å². The molecule has 2 aromatic rings. The molecule has 0 aromatic carbocycles. The molecule has 2 heterocycles. The second-order valence-electron chi connectivity index (χ2n) is 12.6. The van der Waals surface area contributed by atoms with Gasteiger partial charge in [-0.1, -0.05) is 13.8 Å². The van der Waals surface area contributed by atoms with Crippen LogP contribution in [0.2, 0.25) is 0 Å². The SMILES string of the molecule is CC1C2[C@@H]3CC[C@@H]4[C@H](CC[C@]5(C)[C@@H](C(=O)Cn6cc7ncccc7n6)CC[C@@H]45)[C@H]3CC[C@]12O. The van der Waals surface area contributed by atoms with E-state index in [4.69, 9.17) is 0 Å². The molecule has 0 amide bonds. The summed E-state index contributed by atoms with van der Waals surface area (Å²) in [5.41, 5.74) is 1.55. The summed E-state index contributed by atoms with van der Waals surface area (Å²) in [4.78, 5) is 17.9. The monoisotopic (exact) mass is 447 g/mol. The summed E-state index contributed by atoms with van der Waals surface area (Å²) < 4.78 is 1.81. The van der Waals surface area contributed by atoms with Crippen LogP contribution in [0, 0.1) is 52.8 Å². The van der Waals surface area contributed by atoms with Crippen LogP contribution in [-0.4, -0.2) is 31.3 Å². The molecule has 0 spiro atoms. The van der Waals surface area contributed by atoms with Gasteiger partial charge in [0.15, 0.2) is 5.78 Å². The zero-order valence-electron chi connectivity index (χ0n) is 20.0. The van der Waals surface area contributed by atoms with E-state index in [0.717, 1.165) is 47.5 Å². The lowest BCUT2D eigenvalue weighted by atomic mass is 9.49. The average Bonchev–Trinajstić information content (AvgIpc) is 3.10. The van der Waals surface area contributed by atoms with Crippen molar-refractivity contribution >= 4 is 16.8 Å². The molecule has 1 N–H and O–H groups in total. The van der Waals surface area contributed by atoms with Crippen molar-refractivity contribution in [2.75, 3.05) is 0 Å². The molecule has 2 aromatic heterocycles. The molecule has 0 saturated heterocycles. The maximum Gasteiger partial charge on any atom is 0.157 e. The first-order valence-corrected chi connectivity index (χ1v) is 13.4. The van der Waals surface area contributed by atoms with Gasteiger partial charge in [0, 0.05) is 12.1 Å². The first-order valence-electron chi connectivity index (χ1n) is 13.4. The smallest absolute Gasteiger partial charge is 0.157 e. The van der Waals surface area contributed by atoms with Crippen LogP contribution in [0.25, 0.3) is 11.0 Å². The van der Waals surface area contributed by atoms with Crippen molar-refractivity contribution in [3.8, 4) is 0 Å². The van der Waals surface area contributed by atoms with E-state index in [1.54, 1.807) is 6.20 Å². The topological polar surface area (TPSA) is 68.0 Å². The molecule has 5 fully saturated rings. The summed E-state index contributed by atoms with van der Waals surface area (Å²) in [6, 6.07) is 3.86. The minimum Gasteiger partial charge on any atom is -0.389 e. The number of Topliss-reactive ketones (excluding diaryl/α,β-unsaturated/α-hetero) is 1. The van der Waals surface area contributed by atoms with Crippen LogP contribution < -0.4 is 0 Å². The predicted octanol–water partition coefficient (Wildman–Crippen LogP) is 4.88. The maximum absolute atomic E-state index is 13.6. The fourth-order valence-electron chi connectivity index (χ4n) is 10.0. The lowest BCUT2D eigenvalue weighted by Gasteiger charge is -2.56. The van der Waals surface area contributed by atoms with E-state index in [2.05, 4.69) is 23.9 Å². The fraction of sp³-hybridized carbons (Fsp3) is 0.750. The highest BCUT2D eigenvalue weighted by Gasteiger charge is 2.69. The highest BCUT2D eigenvalue weighted by Crippen LogP contribution is 2.70. The van der Waals surface area contributed by atoms with E-state index >= 15 is 0 Å². The Labute approximate surface area is 196 Å². The van der Waals surface area contributed by atoms with E-state index in [0.29, 0.717) is 30.1 Å². The standard InChI is InChI=1S/C28H37N3O2/c1-16-26-20-6-5-19-17(18(20)10-12-28(16,26)33)9-11-27(2)21(19)7-8-22(27)25(32)15-31-14-24-23(30-31)4-3-13-29-24/h3-4,13-14,16-22,26,33H,5-12,15H2,1-2H3/t16?,17-,18-,19-,20-,21+,22-,26?,27+,28+/m1/s1. The third-order valence-corrected chi connectivity index (χ3v) is 11.6. The highest BCUT2D eigenvalue weighted by atomic mass is 16.3. The number of nitrogens with zero attached hydrogens (tertiary/aromatic N) is 3. The number of aliphatic hydroxyl groups is 1. The molecule has 5 saturated carbocycles. The minimum atomic E-state index is -0.325. The summed E-state index contributed by atoms with van der Waals surface area (Å²) in [5, 5.41) is 15.6. The van der Waals surface area contributed by atoms with E-state index in [9.17, 15) is 9.90 Å². The summed E-state index contributed by atoms with van der Waals surface area (Å²) in [5.74, 6) is 5.52. The molecule has 5 aliphatic carbocycles. The Morgan fingerprint density at radius 3 is 2.70 bits per heavy atom. The van der Waals surface area contributed by atoms with Gasteiger partial charge >= 0.3 is 0 Å². The number of carbonyl (C=O) groups is 1. The van der Waals surface area contributed by atoms with Crippen molar-refractivity contribution in [2.45, 2.75) is 77.4 Å². The molecule has 5 aliphatic rings. The van der Waals surface area contributed by atoms with E-state index in [-0.39, 0.29) is 16.9 Å². The number of pyridine rings is 1. The molecule has 2 unspecified atom stereocenters. The molecule has 176 valence electrons. The zero-order chi connectivity index (χ0) is 22.5. The van der Waals surface area contributed by atoms with Gasteiger partial charge in [-0.15, -0.1) is 0 Å². The normalized spacial score (nSPS) is 48.0. The first-order chi connectivity index (χ1) is 15.9. The molecular weight excluding hydrogens is 410 g/mol. The highest BCUT2D eigenvalue weighted by molar-refractivity contribution is 5.82. The Morgan fingerprint density at radius 1 is 1.06 bits per heavy atom. The van der Waals surface area contributed by atoms with Gasteiger partial charge < -0.3 is 5.11 Å². The number of aromatic nitrogens is 3. The molecule has 0 radical (unpaired) electrons. The second-order valence-corrected chi connectivity index (χ2v) is 12.6. The van der Waals surface area contributed by atoms with Crippen LogP contribution >= 0.6 is 0 Å². The largest absolute Gasteiger partial charge is 0.389 e. The van der Waals surface area contributed by atoms with Gasteiger partial charge in [-0.3, -0.25) is 14.5 Å². The molecule has 5 heteroatoms. The van der Waals surface area contributed by atoms with Crippen molar-refractivity contribution in [3.05, 3.63) is 24.5 Å². The summed E-state index contributed by atoms with van der Waals surface area (Å²) >= 11 is 0. The molecule has 10 atom stereocenters. The number of hydrogen-bond donors (Lipinski definition) is 1. The lowest BCUT2D eigenvalue weighted by molar-refractivity contribution is -0.131. The van der Waals surface area contributed by atoms with E-state index in [1.165, 1.54) is 38.5 Å². The number of ketones is 1. The molecule has 7 rings (SSSR count). The Balaban J connectivity index is 1.09. The van der Waals surface area contributed by atoms with Crippen molar-refractivity contribution in [1.82, 2.24) is 14.8 Å². The van der Waals surface area contributed by atoms with Crippen LogP contribution in [0.15, 0.2) is 24.5 Å². The molecule has 33 heavy (non-hydrogen) atoms. The van der Waals surface area contributed by atoms with Crippen LogP contribution in [0.4, 0.5) is 0 Å². The van der Waals surface area contributed by atoms with Crippen molar-refractivity contribution in [1.29, 1.82) is 0 Å². The molecule has 0 aliphatic heterocycles. The maximum atomic E-state index is 13.6. The van der Waals surface area contributed by atoms with Crippen molar-refractivity contribution in [3.63, 3.8) is 0 Å². The molecule has 0 bridgehead atoms. The Morgan fingerprint density at radius 2 is 1.85 bits per heavy atom. The van der Waals surface area contributed by atoms with Gasteiger partial charge in [-0.05, 0) is 110 Å². The molecular formula is C28H37N3O2. The second kappa shape index (κ2) is 6.90. The fourth-order valence-corrected chi connectivity index (χ4v) is 10.0.